The Hall–Kier alpha value is -0.990. The third-order valence-electron chi connectivity index (χ3n) is 1.88. The van der Waals surface area contributed by atoms with Crippen molar-refractivity contribution in [3.8, 4) is 0 Å². The molecule has 0 aromatic carbocycles. The van der Waals surface area contributed by atoms with Crippen LogP contribution in [0.2, 0.25) is 0 Å². The van der Waals surface area contributed by atoms with Crippen molar-refractivity contribution in [2.24, 2.45) is 5.73 Å². The molecule has 0 aromatic heterocycles. The quantitative estimate of drug-likeness (QED) is 0.589. The number of carbonyl (C=O) groups excluding carboxylic acids is 1. The molecule has 0 saturated heterocycles. The second kappa shape index (κ2) is 4.01. The second-order valence-corrected chi connectivity index (χ2v) is 2.80. The minimum atomic E-state index is -0.427. The largest absolute Gasteiger partial charge is 0.352 e. The third kappa shape index (κ3) is 3.07. The number of carbonyl (C=O) groups is 1. The van der Waals surface area contributed by atoms with Crippen LogP contribution < -0.4 is 11.1 Å². The summed E-state index contributed by atoms with van der Waals surface area (Å²) in [4.78, 5) is 10.3. The number of amides is 2. The summed E-state index contributed by atoms with van der Waals surface area (Å²) in [5, 5.41) is 2.57. The molecule has 0 aliphatic heterocycles. The number of nitrogens with two attached hydrogens (primary N) is 1. The number of hydrogen-bond acceptors (Lipinski definition) is 1. The van der Waals surface area contributed by atoms with Crippen LogP contribution >= 0.6 is 0 Å². The number of rotatable bonds is 3. The molecule has 0 fully saturated rings. The molecule has 0 unspecified atom stereocenters. The van der Waals surface area contributed by atoms with E-state index in [0.717, 1.165) is 6.42 Å². The zero-order chi connectivity index (χ0) is 8.10. The van der Waals surface area contributed by atoms with Gasteiger partial charge in [0, 0.05) is 6.54 Å². The van der Waals surface area contributed by atoms with Crippen molar-refractivity contribution < 1.29 is 4.79 Å². The number of urea groups is 1. The standard InChI is InChI=1S/C8H14N2O/c9-8(11)10-6-5-7-3-1-2-4-7/h3H,1-2,4-6H2,(H3,9,10,11). The van der Waals surface area contributed by atoms with E-state index < -0.39 is 6.03 Å². The van der Waals surface area contributed by atoms with E-state index in [1.165, 1.54) is 24.8 Å². The van der Waals surface area contributed by atoms with E-state index in [1.807, 2.05) is 0 Å². The minimum Gasteiger partial charge on any atom is -0.352 e. The number of primary amides is 1. The highest BCUT2D eigenvalue weighted by Crippen LogP contribution is 2.19. The fraction of sp³-hybridized carbons (Fsp3) is 0.625. The van der Waals surface area contributed by atoms with Gasteiger partial charge in [-0.05, 0) is 25.7 Å². The van der Waals surface area contributed by atoms with Crippen LogP contribution in [0.5, 0.6) is 0 Å². The summed E-state index contributed by atoms with van der Waals surface area (Å²) in [5.41, 5.74) is 6.36. The lowest BCUT2D eigenvalue weighted by Gasteiger charge is -2.01. The van der Waals surface area contributed by atoms with E-state index in [2.05, 4.69) is 11.4 Å². The molecule has 0 saturated carbocycles. The minimum absolute atomic E-state index is 0.427. The van der Waals surface area contributed by atoms with E-state index in [-0.39, 0.29) is 0 Å². The van der Waals surface area contributed by atoms with Crippen molar-refractivity contribution >= 4 is 6.03 Å². The predicted octanol–water partition coefficient (Wildman–Crippen LogP) is 1.16. The van der Waals surface area contributed by atoms with Gasteiger partial charge in [-0.25, -0.2) is 4.79 Å². The Bertz CT molecular complexity index is 175. The van der Waals surface area contributed by atoms with Crippen LogP contribution in [0.4, 0.5) is 4.79 Å². The summed E-state index contributed by atoms with van der Waals surface area (Å²) in [6, 6.07) is -0.427. The van der Waals surface area contributed by atoms with Gasteiger partial charge in [-0.2, -0.15) is 0 Å². The highest BCUT2D eigenvalue weighted by atomic mass is 16.2. The Morgan fingerprint density at radius 3 is 3.09 bits per heavy atom. The van der Waals surface area contributed by atoms with E-state index in [0.29, 0.717) is 6.54 Å². The first kappa shape index (κ1) is 8.11. The van der Waals surface area contributed by atoms with Crippen molar-refractivity contribution in [1.29, 1.82) is 0 Å². The van der Waals surface area contributed by atoms with Gasteiger partial charge in [0.15, 0.2) is 0 Å². The molecule has 1 aliphatic carbocycles. The lowest BCUT2D eigenvalue weighted by atomic mass is 10.2. The summed E-state index contributed by atoms with van der Waals surface area (Å²) in [5.74, 6) is 0. The number of nitrogens with one attached hydrogen (secondary N) is 1. The van der Waals surface area contributed by atoms with Crippen molar-refractivity contribution in [3.63, 3.8) is 0 Å². The van der Waals surface area contributed by atoms with E-state index in [9.17, 15) is 4.79 Å². The first-order valence-corrected chi connectivity index (χ1v) is 4.00. The molecule has 0 aromatic rings. The molecule has 0 bridgehead atoms. The van der Waals surface area contributed by atoms with Gasteiger partial charge >= 0.3 is 6.03 Å². The van der Waals surface area contributed by atoms with Crippen LogP contribution in [-0.4, -0.2) is 12.6 Å². The maximum atomic E-state index is 10.3. The van der Waals surface area contributed by atoms with Gasteiger partial charge in [-0.3, -0.25) is 0 Å². The van der Waals surface area contributed by atoms with E-state index >= 15 is 0 Å². The second-order valence-electron chi connectivity index (χ2n) is 2.80. The molecule has 3 N–H and O–H groups in total. The van der Waals surface area contributed by atoms with Crippen LogP contribution in [0.1, 0.15) is 25.7 Å². The number of allylic oxidation sites excluding steroid dienone is 1. The average Bonchev–Trinajstić information content (AvgIpc) is 2.39. The summed E-state index contributed by atoms with van der Waals surface area (Å²) in [6.45, 7) is 0.682. The van der Waals surface area contributed by atoms with Crippen molar-refractivity contribution in [2.75, 3.05) is 6.54 Å². The highest BCUT2D eigenvalue weighted by Gasteiger charge is 2.03. The van der Waals surface area contributed by atoms with Gasteiger partial charge in [-0.1, -0.05) is 11.6 Å². The lowest BCUT2D eigenvalue weighted by Crippen LogP contribution is -2.30. The van der Waals surface area contributed by atoms with E-state index in [1.54, 1.807) is 0 Å². The molecular formula is C8H14N2O. The molecular weight excluding hydrogens is 140 g/mol. The fourth-order valence-corrected chi connectivity index (χ4v) is 1.31. The first-order valence-electron chi connectivity index (χ1n) is 4.00. The van der Waals surface area contributed by atoms with Gasteiger partial charge in [-0.15, -0.1) is 0 Å². The van der Waals surface area contributed by atoms with Gasteiger partial charge < -0.3 is 11.1 Å². The molecule has 0 spiro atoms. The van der Waals surface area contributed by atoms with Crippen LogP contribution in [-0.2, 0) is 0 Å². The molecule has 2 amide bonds. The third-order valence-corrected chi connectivity index (χ3v) is 1.88. The van der Waals surface area contributed by atoms with Crippen molar-refractivity contribution in [1.82, 2.24) is 5.32 Å². The topological polar surface area (TPSA) is 55.1 Å². The predicted molar refractivity (Wildman–Crippen MR) is 44.1 cm³/mol. The summed E-state index contributed by atoms with van der Waals surface area (Å²) in [6.07, 6.45) is 6.88. The molecule has 11 heavy (non-hydrogen) atoms. The highest BCUT2D eigenvalue weighted by molar-refractivity contribution is 5.71. The smallest absolute Gasteiger partial charge is 0.312 e. The molecule has 0 atom stereocenters. The maximum Gasteiger partial charge on any atom is 0.312 e. The normalized spacial score (nSPS) is 16.2. The van der Waals surface area contributed by atoms with Crippen LogP contribution in [0, 0.1) is 0 Å². The molecule has 1 aliphatic rings. The van der Waals surface area contributed by atoms with Crippen LogP contribution in [0.15, 0.2) is 11.6 Å². The Morgan fingerprint density at radius 2 is 2.55 bits per heavy atom. The molecule has 1 rings (SSSR count). The van der Waals surface area contributed by atoms with Crippen molar-refractivity contribution in [3.05, 3.63) is 11.6 Å². The van der Waals surface area contributed by atoms with Gasteiger partial charge in [0.2, 0.25) is 0 Å². The number of hydrogen-bond donors (Lipinski definition) is 2. The van der Waals surface area contributed by atoms with E-state index in [4.69, 9.17) is 5.73 Å². The fourth-order valence-electron chi connectivity index (χ4n) is 1.31. The first-order chi connectivity index (χ1) is 5.29. The Morgan fingerprint density at radius 1 is 1.73 bits per heavy atom. The maximum absolute atomic E-state index is 10.3. The summed E-state index contributed by atoms with van der Waals surface area (Å²) < 4.78 is 0. The molecule has 3 heteroatoms. The summed E-state index contributed by atoms with van der Waals surface area (Å²) >= 11 is 0. The zero-order valence-electron chi connectivity index (χ0n) is 6.60. The van der Waals surface area contributed by atoms with Crippen LogP contribution in [0.25, 0.3) is 0 Å². The van der Waals surface area contributed by atoms with Gasteiger partial charge in [0.1, 0.15) is 0 Å². The van der Waals surface area contributed by atoms with Gasteiger partial charge in [0.05, 0.1) is 0 Å². The summed E-state index contributed by atoms with van der Waals surface area (Å²) in [7, 11) is 0. The SMILES string of the molecule is NC(=O)NCCC1=CCCC1. The molecule has 0 radical (unpaired) electrons. The zero-order valence-corrected chi connectivity index (χ0v) is 6.60. The molecule has 3 nitrogen and oxygen atoms in total. The molecule has 0 heterocycles. The monoisotopic (exact) mass is 154 g/mol. The lowest BCUT2D eigenvalue weighted by molar-refractivity contribution is 0.249. The Kier molecular flexibility index (Phi) is 2.95. The van der Waals surface area contributed by atoms with Crippen LogP contribution in [0.3, 0.4) is 0 Å². The Labute approximate surface area is 66.6 Å². The average molecular weight is 154 g/mol. The van der Waals surface area contributed by atoms with Crippen molar-refractivity contribution in [2.45, 2.75) is 25.7 Å². The van der Waals surface area contributed by atoms with Gasteiger partial charge in [0.25, 0.3) is 0 Å². The Balaban J connectivity index is 2.07. The molecule has 62 valence electrons.